The zero-order valence-corrected chi connectivity index (χ0v) is 85.1. The number of carbonyl (C=O) groups excluding carboxylic acids is 8. The van der Waals surface area contributed by atoms with Gasteiger partial charge in [0.1, 0.15) is 52.7 Å². The molecule has 3 aliphatic heterocycles. The number of halogens is 2. The molecular formula is C107H156F2N10O24. The number of anilines is 2. The molecular weight excluding hydrogens is 1850 g/mol. The van der Waals surface area contributed by atoms with Crippen molar-refractivity contribution in [2.75, 3.05) is 228 Å². The summed E-state index contributed by atoms with van der Waals surface area (Å²) >= 11 is 0. The number of aromatic amines is 1. The number of rotatable bonds is 76. The van der Waals surface area contributed by atoms with E-state index in [9.17, 15) is 48.3 Å². The highest BCUT2D eigenvalue weighted by atomic mass is 19.1. The number of carboxylic acids is 1. The minimum absolute atomic E-state index is 0.0332. The number of likely N-dealkylation sites (tertiary alicyclic amines) is 2. The van der Waals surface area contributed by atoms with Crippen molar-refractivity contribution in [3.8, 4) is 28.3 Å². The Balaban J connectivity index is 0.519. The van der Waals surface area contributed by atoms with Crippen molar-refractivity contribution in [2.45, 2.75) is 214 Å². The normalized spacial score (nSPS) is 14.4. The van der Waals surface area contributed by atoms with E-state index in [1.807, 2.05) is 11.0 Å². The molecule has 5 heterocycles. The van der Waals surface area contributed by atoms with Crippen molar-refractivity contribution >= 4 is 75.7 Å². The molecule has 0 aliphatic carbocycles. The Hall–Kier alpha value is -9.93. The van der Waals surface area contributed by atoms with E-state index in [4.69, 9.17) is 66.3 Å². The summed E-state index contributed by atoms with van der Waals surface area (Å²) in [7, 11) is 1.51. The van der Waals surface area contributed by atoms with Crippen LogP contribution in [0.25, 0.3) is 33.5 Å². The van der Waals surface area contributed by atoms with Crippen molar-refractivity contribution < 1.29 is 123 Å². The molecule has 2 aromatic heterocycles. The smallest absolute Gasteiger partial charge is 0.328 e. The van der Waals surface area contributed by atoms with Gasteiger partial charge in [0.25, 0.3) is 11.8 Å². The van der Waals surface area contributed by atoms with Gasteiger partial charge >= 0.3 is 18.0 Å². The molecule has 1 unspecified atom stereocenters. The third-order valence-electron chi connectivity index (χ3n) is 26.3. The molecule has 36 heteroatoms. The van der Waals surface area contributed by atoms with Crippen LogP contribution in [0.15, 0.2) is 85.2 Å². The fraction of sp³-hybridized carbons (Fsp3) is 0.636. The van der Waals surface area contributed by atoms with Crippen LogP contribution in [-0.4, -0.2) is 301 Å². The number of amides is 7. The second-order valence-electron chi connectivity index (χ2n) is 37.3. The second-order valence-corrected chi connectivity index (χ2v) is 37.3. The molecule has 9 rings (SSSR count). The Morgan fingerprint density at radius 3 is 1.57 bits per heavy atom. The Bertz CT molecular complexity index is 4840. The molecule has 6 N–H and O–H groups in total. The fourth-order valence-electron chi connectivity index (χ4n) is 17.7. The van der Waals surface area contributed by atoms with Gasteiger partial charge in [-0.05, 0) is 168 Å². The number of piperidine rings is 2. The fourth-order valence-corrected chi connectivity index (χ4v) is 17.7. The molecule has 1 spiro atoms. The minimum Gasteiger partial charge on any atom is -0.495 e. The number of ketones is 1. The number of ether oxygens (including phenoxy) is 14. The number of benzene rings is 4. The third-order valence-corrected chi connectivity index (χ3v) is 26.3. The number of Topliss-reactive ketones (excluding diaryl/α,β-unsaturated/α-hetero) is 1. The number of nitrogens with one attached hydrogen (secondary N) is 5. The largest absolute Gasteiger partial charge is 0.495 e. The van der Waals surface area contributed by atoms with Crippen LogP contribution < -0.4 is 30.9 Å². The average molecular weight is 2000 g/mol. The van der Waals surface area contributed by atoms with Gasteiger partial charge in [-0.3, -0.25) is 43.8 Å². The van der Waals surface area contributed by atoms with Crippen molar-refractivity contribution in [2.24, 2.45) is 10.8 Å². The topological polar surface area (TPSA) is 402 Å². The van der Waals surface area contributed by atoms with Gasteiger partial charge in [-0.2, -0.15) is 0 Å². The van der Waals surface area contributed by atoms with E-state index in [1.165, 1.54) is 74.2 Å². The first-order valence-corrected chi connectivity index (χ1v) is 51.5. The van der Waals surface area contributed by atoms with Crippen LogP contribution >= 0.6 is 0 Å². The number of carboxylic acid groups (broad SMARTS) is 1. The van der Waals surface area contributed by atoms with Gasteiger partial charge < -0.3 is 107 Å². The molecule has 1 atom stereocenters. The third kappa shape index (κ3) is 41.5. The van der Waals surface area contributed by atoms with Gasteiger partial charge in [0, 0.05) is 79.9 Å². The minimum atomic E-state index is -1.45. The number of urea groups is 1. The maximum absolute atomic E-state index is 16.0. The number of H-pyrrole nitrogens is 1. The maximum atomic E-state index is 16.0. The zero-order valence-electron chi connectivity index (χ0n) is 85.1. The number of aliphatic carboxylic acids is 1. The highest BCUT2D eigenvalue weighted by molar-refractivity contribution is 6.08. The van der Waals surface area contributed by atoms with E-state index in [2.05, 4.69) is 72.3 Å². The molecule has 0 radical (unpaired) electrons. The Labute approximate surface area is 841 Å². The van der Waals surface area contributed by atoms with Crippen LogP contribution in [0, 0.1) is 29.4 Å². The molecule has 3 aliphatic rings. The Kier molecular flexibility index (Phi) is 53.4. The van der Waals surface area contributed by atoms with Crippen LogP contribution in [0.2, 0.25) is 0 Å². The number of unbranched alkanes of at least 4 members (excludes halogenated alkanes) is 15. The molecule has 6 aromatic rings. The number of aromatic nitrogens is 3. The van der Waals surface area contributed by atoms with E-state index >= 15 is 8.78 Å². The van der Waals surface area contributed by atoms with Crippen molar-refractivity contribution in [3.63, 3.8) is 0 Å². The maximum Gasteiger partial charge on any atom is 0.328 e. The number of fused-ring (bicyclic) bond motifs is 1. The van der Waals surface area contributed by atoms with Crippen LogP contribution in [0.3, 0.4) is 0 Å². The van der Waals surface area contributed by atoms with Gasteiger partial charge in [0.2, 0.25) is 17.7 Å². The molecule has 792 valence electrons. The predicted octanol–water partition coefficient (Wildman–Crippen LogP) is 15.2. The van der Waals surface area contributed by atoms with Crippen molar-refractivity contribution in [1.29, 1.82) is 0 Å². The highest BCUT2D eigenvalue weighted by Crippen LogP contribution is 2.43. The van der Waals surface area contributed by atoms with Crippen LogP contribution in [0.4, 0.5) is 25.0 Å². The van der Waals surface area contributed by atoms with Gasteiger partial charge in [-0.1, -0.05) is 140 Å². The first-order chi connectivity index (χ1) is 69.4. The molecule has 7 amide bonds. The summed E-state index contributed by atoms with van der Waals surface area (Å²) in [5, 5.41) is 21.5. The molecule has 3 saturated heterocycles. The number of carbonyl (C=O) groups is 9. The number of imide groups is 1. The summed E-state index contributed by atoms with van der Waals surface area (Å²) in [5.41, 5.74) is 2.90. The van der Waals surface area contributed by atoms with Crippen molar-refractivity contribution in [3.05, 3.63) is 125 Å². The van der Waals surface area contributed by atoms with E-state index in [0.29, 0.717) is 222 Å². The molecule has 3 fully saturated rings. The number of nitrogens with zero attached hydrogens (tertiary/aromatic N) is 5. The zero-order chi connectivity index (χ0) is 102. The van der Waals surface area contributed by atoms with Crippen LogP contribution in [0.5, 0.6) is 5.75 Å². The van der Waals surface area contributed by atoms with E-state index in [1.54, 1.807) is 45.9 Å². The lowest BCUT2D eigenvalue weighted by Crippen LogP contribution is -2.50. The summed E-state index contributed by atoms with van der Waals surface area (Å²) in [6, 6.07) is 21.1. The van der Waals surface area contributed by atoms with Gasteiger partial charge in [-0.15, -0.1) is 0 Å². The predicted molar refractivity (Wildman–Crippen MR) is 538 cm³/mol. The summed E-state index contributed by atoms with van der Waals surface area (Å²) in [6.45, 7) is 21.5. The second kappa shape index (κ2) is 65.5. The molecule has 34 nitrogen and oxygen atoms in total. The molecule has 143 heavy (non-hydrogen) atoms. The van der Waals surface area contributed by atoms with Crippen LogP contribution in [-0.2, 0) is 102 Å². The first-order valence-electron chi connectivity index (χ1n) is 51.5. The highest BCUT2D eigenvalue weighted by Gasteiger charge is 2.45. The number of hydrogen-bond donors (Lipinski definition) is 6. The summed E-state index contributed by atoms with van der Waals surface area (Å²) in [6.07, 6.45) is 25.5. The molecule has 0 bridgehead atoms. The average Bonchev–Trinajstić information content (AvgIpc) is 1.66. The summed E-state index contributed by atoms with van der Waals surface area (Å²) in [5.74, 6) is -4.89. The lowest BCUT2D eigenvalue weighted by Gasteiger charge is -2.47. The first kappa shape index (κ1) is 117. The quantitative estimate of drug-likeness (QED) is 0.0117. The van der Waals surface area contributed by atoms with E-state index in [0.717, 1.165) is 139 Å². The SMILES string of the molecule is CCCCCCCCCCCC(CCCCCCCCCCC(C)=O)(C(=O)O)C(=O)NCCOCCOCCOCCOCCOCCOCCOCCOCCOCCOCCOCCOCCC(=O)NCC(=O)OC(C)(C)c1ccc(C(=O)Nc2cc(F)cc(-c3ncnc4[nH]c(-c5ccc(CCN6CCC7(CC6)CCN(C(=O)c6ccc(OC)c(N8CCC(=O)NC8=O)c6)CC7)cc5)cc34)c2C)c(F)c1. The summed E-state index contributed by atoms with van der Waals surface area (Å²) in [4.78, 5) is 134. The summed E-state index contributed by atoms with van der Waals surface area (Å²) < 4.78 is 110. The lowest BCUT2D eigenvalue weighted by molar-refractivity contribution is -0.158. The van der Waals surface area contributed by atoms with E-state index < -0.39 is 64.9 Å². The molecule has 4 aromatic carbocycles. The van der Waals surface area contributed by atoms with Gasteiger partial charge in [-0.25, -0.2) is 23.5 Å². The monoisotopic (exact) mass is 2000 g/mol. The lowest BCUT2D eigenvalue weighted by atomic mass is 9.71. The Morgan fingerprint density at radius 1 is 0.552 bits per heavy atom. The number of esters is 1. The molecule has 0 saturated carbocycles. The van der Waals surface area contributed by atoms with Crippen LogP contribution in [0.1, 0.15) is 232 Å². The van der Waals surface area contributed by atoms with Crippen molar-refractivity contribution in [1.82, 2.24) is 40.7 Å². The van der Waals surface area contributed by atoms with Gasteiger partial charge in [0.15, 0.2) is 0 Å². The van der Waals surface area contributed by atoms with E-state index in [-0.39, 0.29) is 92.2 Å². The van der Waals surface area contributed by atoms with Gasteiger partial charge in [0.05, 0.1) is 183 Å². The number of methoxy groups -OCH3 is 1. The Morgan fingerprint density at radius 2 is 1.06 bits per heavy atom. The standard InChI is InChI=1S/C107H156F2N10O24/c1-7-8-9-10-11-13-16-19-22-36-107(103(127)128,37-23-20-17-14-12-15-18-21-24-80(2)120)102(126)110-42-50-132-52-54-134-56-58-136-60-62-138-64-66-140-68-70-142-72-71-141-69-67-139-65-63-137-61-59-135-57-55-133-53-51-131-49-35-95(121)111-78-97(123)143-105(4,5)85-30-31-87(90(109)74-85)100(124)115-91-76-86(108)75-88(81(91)3)98-89-77-92(114-99(89)113-79-112-98)83-27-25-82(26-28-83)33-43-117-45-38-106(39-46-117)40-47-118(48-41-106)101(125)84-29-32-94(130-6)93(73-84)119-44-34-96(122)116-104(119)129/h25-32,73-77,79H,7-24,33-72,78H2,1-6H3,(H,110,126)(H,111,121)(H,115,124)(H,127,128)(H,112,113,114)(H,116,122,129). The number of hydrogen-bond acceptors (Lipinski definition) is 26.